The van der Waals surface area contributed by atoms with E-state index in [-0.39, 0.29) is 10.8 Å². The zero-order chi connectivity index (χ0) is 13.8. The smallest absolute Gasteiger partial charge is 0.276 e. The summed E-state index contributed by atoms with van der Waals surface area (Å²) in [4.78, 5) is 16.9. The summed E-state index contributed by atoms with van der Waals surface area (Å²) >= 11 is 5.90. The second-order valence-electron chi connectivity index (χ2n) is 4.87. The Morgan fingerprint density at radius 3 is 2.95 bits per heavy atom. The van der Waals surface area contributed by atoms with E-state index in [0.29, 0.717) is 11.9 Å². The number of nitrogens with zero attached hydrogens (tertiary/aromatic N) is 3. The van der Waals surface area contributed by atoms with E-state index in [1.807, 2.05) is 0 Å². The van der Waals surface area contributed by atoms with Gasteiger partial charge < -0.3 is 4.90 Å². The Kier molecular flexibility index (Phi) is 4.58. The van der Waals surface area contributed by atoms with Crippen LogP contribution in [-0.2, 0) is 0 Å². The first-order valence-corrected chi connectivity index (χ1v) is 7.08. The van der Waals surface area contributed by atoms with Crippen LogP contribution in [-0.4, -0.2) is 22.5 Å². The number of rotatable bonds is 3. The molecule has 2 heterocycles. The Labute approximate surface area is 117 Å². The standard InChI is InChI=1S/C13H18ClN3O2/c1-2-10-6-4-3-5-7-16(10)13-9-11(17(18)19)8-12(14)15-13/h8-10H,2-7H2,1H3. The molecule has 1 aromatic rings. The summed E-state index contributed by atoms with van der Waals surface area (Å²) in [6.07, 6.45) is 5.63. The summed E-state index contributed by atoms with van der Waals surface area (Å²) in [6.45, 7) is 3.03. The Balaban J connectivity index is 2.34. The van der Waals surface area contributed by atoms with Crippen LogP contribution in [0.1, 0.15) is 39.0 Å². The van der Waals surface area contributed by atoms with Crippen LogP contribution < -0.4 is 4.90 Å². The van der Waals surface area contributed by atoms with E-state index >= 15 is 0 Å². The number of halogens is 1. The van der Waals surface area contributed by atoms with Crippen molar-refractivity contribution in [3.8, 4) is 0 Å². The predicted octanol–water partition coefficient (Wildman–Crippen LogP) is 3.80. The van der Waals surface area contributed by atoms with Gasteiger partial charge in [0, 0.05) is 12.6 Å². The lowest BCUT2D eigenvalue weighted by Crippen LogP contribution is -2.35. The molecule has 1 unspecified atom stereocenters. The van der Waals surface area contributed by atoms with Crippen LogP contribution in [0.4, 0.5) is 11.5 Å². The Hall–Kier alpha value is -1.36. The maximum Gasteiger partial charge on any atom is 0.276 e. The van der Waals surface area contributed by atoms with E-state index < -0.39 is 4.92 Å². The molecular weight excluding hydrogens is 266 g/mol. The van der Waals surface area contributed by atoms with Gasteiger partial charge in [-0.25, -0.2) is 4.98 Å². The van der Waals surface area contributed by atoms with E-state index in [2.05, 4.69) is 16.8 Å². The van der Waals surface area contributed by atoms with Crippen molar-refractivity contribution in [2.45, 2.75) is 45.1 Å². The molecule has 104 valence electrons. The second-order valence-corrected chi connectivity index (χ2v) is 5.26. The minimum atomic E-state index is -0.421. The van der Waals surface area contributed by atoms with Crippen LogP contribution in [0.25, 0.3) is 0 Å². The highest BCUT2D eigenvalue weighted by Crippen LogP contribution is 2.28. The molecule has 0 saturated carbocycles. The van der Waals surface area contributed by atoms with Crippen molar-refractivity contribution in [1.29, 1.82) is 0 Å². The van der Waals surface area contributed by atoms with Crippen molar-refractivity contribution in [2.75, 3.05) is 11.4 Å². The van der Waals surface area contributed by atoms with Gasteiger partial charge >= 0.3 is 0 Å². The minimum Gasteiger partial charge on any atom is -0.353 e. The highest BCUT2D eigenvalue weighted by atomic mass is 35.5. The molecule has 0 aromatic carbocycles. The molecule has 0 N–H and O–H groups in total. The monoisotopic (exact) mass is 283 g/mol. The normalized spacial score (nSPS) is 20.1. The van der Waals surface area contributed by atoms with Crippen molar-refractivity contribution in [3.05, 3.63) is 27.4 Å². The van der Waals surface area contributed by atoms with Crippen molar-refractivity contribution < 1.29 is 4.92 Å². The van der Waals surface area contributed by atoms with Gasteiger partial charge in [-0.2, -0.15) is 0 Å². The minimum absolute atomic E-state index is 0.00843. The number of pyridine rings is 1. The van der Waals surface area contributed by atoms with Crippen molar-refractivity contribution in [3.63, 3.8) is 0 Å². The number of hydrogen-bond acceptors (Lipinski definition) is 4. The van der Waals surface area contributed by atoms with Crippen LogP contribution in [0.15, 0.2) is 12.1 Å². The SMILES string of the molecule is CCC1CCCCCN1c1cc([N+](=O)[O-])cc(Cl)n1. The lowest BCUT2D eigenvalue weighted by molar-refractivity contribution is -0.384. The van der Waals surface area contributed by atoms with Crippen molar-refractivity contribution in [2.24, 2.45) is 0 Å². The molecule has 0 aliphatic carbocycles. The van der Waals surface area contributed by atoms with E-state index in [9.17, 15) is 10.1 Å². The first-order chi connectivity index (χ1) is 9.11. The number of anilines is 1. The van der Waals surface area contributed by atoms with Gasteiger partial charge in [0.1, 0.15) is 11.0 Å². The maximum absolute atomic E-state index is 10.9. The molecular formula is C13H18ClN3O2. The summed E-state index contributed by atoms with van der Waals surface area (Å²) in [6, 6.07) is 3.22. The average Bonchev–Trinajstić information content (AvgIpc) is 2.62. The topological polar surface area (TPSA) is 59.3 Å². The molecule has 19 heavy (non-hydrogen) atoms. The van der Waals surface area contributed by atoms with Crippen molar-refractivity contribution in [1.82, 2.24) is 4.98 Å². The van der Waals surface area contributed by atoms with Gasteiger partial charge in [-0.3, -0.25) is 10.1 Å². The van der Waals surface area contributed by atoms with E-state index in [1.54, 1.807) is 0 Å². The van der Waals surface area contributed by atoms with E-state index in [0.717, 1.165) is 25.8 Å². The summed E-state index contributed by atoms with van der Waals surface area (Å²) in [5.74, 6) is 0.632. The summed E-state index contributed by atoms with van der Waals surface area (Å²) < 4.78 is 0. The zero-order valence-electron chi connectivity index (χ0n) is 11.0. The lowest BCUT2D eigenvalue weighted by Gasteiger charge is -2.30. The highest BCUT2D eigenvalue weighted by molar-refractivity contribution is 6.29. The molecule has 1 atom stereocenters. The third-order valence-electron chi connectivity index (χ3n) is 3.62. The molecule has 1 aliphatic heterocycles. The first kappa shape index (κ1) is 14.1. The van der Waals surface area contributed by atoms with Gasteiger partial charge in [-0.1, -0.05) is 31.4 Å². The Morgan fingerprint density at radius 2 is 2.26 bits per heavy atom. The van der Waals surface area contributed by atoms with Gasteiger partial charge in [0.25, 0.3) is 5.69 Å². The van der Waals surface area contributed by atoms with Gasteiger partial charge in [0.05, 0.1) is 17.1 Å². The molecule has 1 fully saturated rings. The Bertz CT molecular complexity index is 467. The lowest BCUT2D eigenvalue weighted by atomic mass is 10.1. The maximum atomic E-state index is 10.9. The van der Waals surface area contributed by atoms with Crippen LogP contribution in [0.5, 0.6) is 0 Å². The predicted molar refractivity (Wildman–Crippen MR) is 75.8 cm³/mol. The summed E-state index contributed by atoms with van der Waals surface area (Å²) in [5.41, 5.74) is 0.00843. The molecule has 5 nitrogen and oxygen atoms in total. The second kappa shape index (κ2) is 6.19. The molecule has 1 aliphatic rings. The van der Waals surface area contributed by atoms with E-state index in [1.165, 1.54) is 25.0 Å². The van der Waals surface area contributed by atoms with Gasteiger partial charge in [0.2, 0.25) is 0 Å². The van der Waals surface area contributed by atoms with Crippen LogP contribution >= 0.6 is 11.6 Å². The largest absolute Gasteiger partial charge is 0.353 e. The summed E-state index contributed by atoms with van der Waals surface area (Å²) in [5, 5.41) is 11.1. The molecule has 0 spiro atoms. The average molecular weight is 284 g/mol. The highest BCUT2D eigenvalue weighted by Gasteiger charge is 2.23. The number of aromatic nitrogens is 1. The zero-order valence-corrected chi connectivity index (χ0v) is 11.8. The van der Waals surface area contributed by atoms with Gasteiger partial charge in [0.15, 0.2) is 0 Å². The number of hydrogen-bond donors (Lipinski definition) is 0. The molecule has 0 radical (unpaired) electrons. The molecule has 0 amide bonds. The number of nitro groups is 1. The molecule has 6 heteroatoms. The fraction of sp³-hybridized carbons (Fsp3) is 0.615. The van der Waals surface area contributed by atoms with Gasteiger partial charge in [-0.05, 0) is 19.3 Å². The fourth-order valence-corrected chi connectivity index (χ4v) is 2.82. The molecule has 2 rings (SSSR count). The van der Waals surface area contributed by atoms with Crippen LogP contribution in [0.2, 0.25) is 5.15 Å². The fourth-order valence-electron chi connectivity index (χ4n) is 2.63. The van der Waals surface area contributed by atoms with Crippen LogP contribution in [0, 0.1) is 10.1 Å². The quantitative estimate of drug-likeness (QED) is 0.481. The molecule has 1 aromatic heterocycles. The molecule has 1 saturated heterocycles. The first-order valence-electron chi connectivity index (χ1n) is 6.70. The third-order valence-corrected chi connectivity index (χ3v) is 3.81. The Morgan fingerprint density at radius 1 is 1.47 bits per heavy atom. The van der Waals surface area contributed by atoms with Crippen LogP contribution in [0.3, 0.4) is 0 Å². The van der Waals surface area contributed by atoms with Gasteiger partial charge in [-0.15, -0.1) is 0 Å². The van der Waals surface area contributed by atoms with E-state index in [4.69, 9.17) is 11.6 Å². The summed E-state index contributed by atoms with van der Waals surface area (Å²) in [7, 11) is 0. The third kappa shape index (κ3) is 3.35. The molecule has 0 bridgehead atoms. The van der Waals surface area contributed by atoms with Crippen molar-refractivity contribution >= 4 is 23.1 Å².